The van der Waals surface area contributed by atoms with E-state index in [1.165, 1.54) is 0 Å². The Labute approximate surface area is 157 Å². The van der Waals surface area contributed by atoms with Gasteiger partial charge in [0.05, 0.1) is 0 Å². The third kappa shape index (κ3) is 3.01. The van der Waals surface area contributed by atoms with E-state index in [0.29, 0.717) is 11.4 Å². The summed E-state index contributed by atoms with van der Waals surface area (Å²) in [7, 11) is 0. The summed E-state index contributed by atoms with van der Waals surface area (Å²) in [6, 6.07) is 11.5. The van der Waals surface area contributed by atoms with Crippen LogP contribution in [-0.4, -0.2) is 29.8 Å². The molecule has 2 amide bonds. The Bertz CT molecular complexity index is 876. The predicted octanol–water partition coefficient (Wildman–Crippen LogP) is 3.38. The molecule has 0 aromatic heterocycles. The summed E-state index contributed by atoms with van der Waals surface area (Å²) in [5.41, 5.74) is 5.13. The molecule has 2 aliphatic heterocycles. The molecule has 0 bridgehead atoms. The van der Waals surface area contributed by atoms with Crippen LogP contribution in [0.1, 0.15) is 25.0 Å². The van der Waals surface area contributed by atoms with E-state index in [-0.39, 0.29) is 0 Å². The highest BCUT2D eigenvalue weighted by Crippen LogP contribution is 2.40. The Morgan fingerprint density at radius 1 is 0.778 bits per heavy atom. The van der Waals surface area contributed by atoms with Crippen molar-refractivity contribution in [1.82, 2.24) is 0 Å². The molecule has 2 N–H and O–H groups in total. The summed E-state index contributed by atoms with van der Waals surface area (Å²) in [5.74, 6) is -1.82. The number of aryl methyl sites for hydroxylation is 2. The average molecular weight is 366 g/mol. The van der Waals surface area contributed by atoms with Crippen molar-refractivity contribution in [2.45, 2.75) is 45.7 Å². The molecule has 0 radical (unpaired) electrons. The van der Waals surface area contributed by atoms with Gasteiger partial charge in [-0.3, -0.25) is 9.59 Å². The molecular formula is C21H22N2O4. The number of hydrogen-bond acceptors (Lipinski definition) is 4. The molecular weight excluding hydrogens is 344 g/mol. The fraction of sp³-hybridized carbons (Fsp3) is 0.333. The minimum Gasteiger partial charge on any atom is -0.334 e. The third-order valence-corrected chi connectivity index (χ3v) is 4.92. The fourth-order valence-electron chi connectivity index (χ4n) is 3.76. The molecule has 4 rings (SSSR count). The first-order chi connectivity index (χ1) is 12.8. The monoisotopic (exact) mass is 366 g/mol. The maximum absolute atomic E-state index is 12.9. The summed E-state index contributed by atoms with van der Waals surface area (Å²) < 4.78 is 11.5. The van der Waals surface area contributed by atoms with Gasteiger partial charge in [-0.25, -0.2) is 0 Å². The number of hydrogen-bond donors (Lipinski definition) is 2. The molecule has 140 valence electrons. The minimum absolute atomic E-state index is 0.399. The smallest absolute Gasteiger partial charge is 0.256 e. The Morgan fingerprint density at radius 3 is 1.59 bits per heavy atom. The van der Waals surface area contributed by atoms with Crippen molar-refractivity contribution >= 4 is 23.2 Å². The maximum Gasteiger partial charge on any atom is 0.256 e. The Kier molecular flexibility index (Phi) is 4.05. The molecule has 2 atom stereocenters. The van der Waals surface area contributed by atoms with Gasteiger partial charge in [-0.15, -0.1) is 0 Å². The quantitative estimate of drug-likeness (QED) is 0.749. The summed E-state index contributed by atoms with van der Waals surface area (Å²) >= 11 is 0. The van der Waals surface area contributed by atoms with Gasteiger partial charge in [0.15, 0.2) is 18.0 Å². The van der Waals surface area contributed by atoms with E-state index < -0.39 is 29.8 Å². The number of anilines is 2. The van der Waals surface area contributed by atoms with Gasteiger partial charge in [-0.2, -0.15) is 0 Å². The molecule has 2 heterocycles. The van der Waals surface area contributed by atoms with Crippen LogP contribution in [0.25, 0.3) is 11.1 Å². The predicted molar refractivity (Wildman–Crippen MR) is 102 cm³/mol. The molecule has 2 unspecified atom stereocenters. The van der Waals surface area contributed by atoms with Crippen molar-refractivity contribution in [1.29, 1.82) is 0 Å². The van der Waals surface area contributed by atoms with Crippen LogP contribution in [0.3, 0.4) is 0 Å². The molecule has 0 saturated carbocycles. The topological polar surface area (TPSA) is 76.7 Å². The molecule has 2 aromatic carbocycles. The number of ether oxygens (including phenoxy) is 2. The number of rotatable bonds is 0. The summed E-state index contributed by atoms with van der Waals surface area (Å²) in [5, 5.41) is 5.89. The van der Waals surface area contributed by atoms with E-state index in [4.69, 9.17) is 9.47 Å². The largest absolute Gasteiger partial charge is 0.334 e. The number of carbonyl (C=O) groups is 2. The zero-order valence-electron chi connectivity index (χ0n) is 15.8. The van der Waals surface area contributed by atoms with Crippen molar-refractivity contribution in [3.63, 3.8) is 0 Å². The molecule has 2 aromatic rings. The zero-order valence-corrected chi connectivity index (χ0v) is 15.8. The molecule has 27 heavy (non-hydrogen) atoms. The van der Waals surface area contributed by atoms with Gasteiger partial charge in [-0.1, -0.05) is 24.3 Å². The summed E-state index contributed by atoms with van der Waals surface area (Å²) in [6.07, 6.45) is -2.06. The first-order valence-electron chi connectivity index (χ1n) is 8.94. The fourth-order valence-corrected chi connectivity index (χ4v) is 3.76. The van der Waals surface area contributed by atoms with Crippen LogP contribution in [0, 0.1) is 13.8 Å². The number of benzene rings is 2. The molecule has 2 aliphatic rings. The lowest BCUT2D eigenvalue weighted by Gasteiger charge is -2.24. The standard InChI is InChI=1S/C21H22N2O4/c1-11-7-5-9-13-15(11)16-12(2)8-6-10-14(16)23-20(25)18-17(19(24)22-13)26-21(3,4)27-18/h5-10,17-18H,1-4H3,(H,22,24)(H,23,25). The second kappa shape index (κ2) is 6.18. The highest BCUT2D eigenvalue weighted by molar-refractivity contribution is 6.08. The average Bonchev–Trinajstić information content (AvgIpc) is 2.92. The van der Waals surface area contributed by atoms with Crippen molar-refractivity contribution in [3.05, 3.63) is 47.5 Å². The van der Waals surface area contributed by atoms with Crippen LogP contribution in [0.4, 0.5) is 11.4 Å². The molecule has 0 spiro atoms. The van der Waals surface area contributed by atoms with Crippen LogP contribution in [0.2, 0.25) is 0 Å². The van der Waals surface area contributed by atoms with E-state index in [2.05, 4.69) is 10.6 Å². The number of amides is 2. The van der Waals surface area contributed by atoms with Crippen molar-refractivity contribution in [2.24, 2.45) is 0 Å². The highest BCUT2D eigenvalue weighted by atomic mass is 16.8. The first kappa shape index (κ1) is 17.7. The van der Waals surface area contributed by atoms with Crippen LogP contribution in [-0.2, 0) is 19.1 Å². The van der Waals surface area contributed by atoms with Crippen LogP contribution >= 0.6 is 0 Å². The van der Waals surface area contributed by atoms with Gasteiger partial charge < -0.3 is 20.1 Å². The Hall–Kier alpha value is -2.70. The first-order valence-corrected chi connectivity index (χ1v) is 8.94. The lowest BCUT2D eigenvalue weighted by Crippen LogP contribution is -2.43. The van der Waals surface area contributed by atoms with E-state index >= 15 is 0 Å². The third-order valence-electron chi connectivity index (χ3n) is 4.92. The normalized spacial score (nSPS) is 23.6. The van der Waals surface area contributed by atoms with Crippen LogP contribution in [0.5, 0.6) is 0 Å². The van der Waals surface area contributed by atoms with Gasteiger partial charge in [0.25, 0.3) is 11.8 Å². The molecule has 6 nitrogen and oxygen atoms in total. The Balaban J connectivity index is 1.94. The minimum atomic E-state index is -1.03. The Morgan fingerprint density at radius 2 is 1.19 bits per heavy atom. The maximum atomic E-state index is 12.9. The van der Waals surface area contributed by atoms with E-state index in [1.54, 1.807) is 13.8 Å². The van der Waals surface area contributed by atoms with E-state index in [0.717, 1.165) is 22.3 Å². The van der Waals surface area contributed by atoms with Gasteiger partial charge in [0, 0.05) is 22.5 Å². The van der Waals surface area contributed by atoms with E-state index in [1.807, 2.05) is 50.2 Å². The summed E-state index contributed by atoms with van der Waals surface area (Å²) in [4.78, 5) is 25.8. The molecule has 6 heteroatoms. The lowest BCUT2D eigenvalue weighted by atomic mass is 9.92. The van der Waals surface area contributed by atoms with E-state index in [9.17, 15) is 9.59 Å². The molecule has 1 fully saturated rings. The van der Waals surface area contributed by atoms with Crippen LogP contribution < -0.4 is 10.6 Å². The van der Waals surface area contributed by atoms with Gasteiger partial charge in [0.2, 0.25) is 0 Å². The zero-order chi connectivity index (χ0) is 19.3. The highest BCUT2D eigenvalue weighted by Gasteiger charge is 2.49. The molecule has 1 saturated heterocycles. The van der Waals surface area contributed by atoms with Gasteiger partial charge >= 0.3 is 0 Å². The number of carbonyl (C=O) groups excluding carboxylic acids is 2. The molecule has 0 aliphatic carbocycles. The van der Waals surface area contributed by atoms with Crippen molar-refractivity contribution in [3.8, 4) is 11.1 Å². The second-order valence-electron chi connectivity index (χ2n) is 7.45. The second-order valence-corrected chi connectivity index (χ2v) is 7.45. The number of fused-ring (bicyclic) bond motifs is 4. The SMILES string of the molecule is Cc1cccc2c1-c1c(C)cccc1NC(=O)C1OC(C)(C)OC1C(=O)N2. The summed E-state index contributed by atoms with van der Waals surface area (Å²) in [6.45, 7) is 7.35. The van der Waals surface area contributed by atoms with Gasteiger partial charge in [0.1, 0.15) is 0 Å². The van der Waals surface area contributed by atoms with Crippen LogP contribution in [0.15, 0.2) is 36.4 Å². The van der Waals surface area contributed by atoms with Crippen molar-refractivity contribution < 1.29 is 19.1 Å². The lowest BCUT2D eigenvalue weighted by molar-refractivity contribution is -0.156. The van der Waals surface area contributed by atoms with Gasteiger partial charge in [-0.05, 0) is 51.0 Å². The number of nitrogens with one attached hydrogen (secondary N) is 2. The van der Waals surface area contributed by atoms with Crippen molar-refractivity contribution in [2.75, 3.05) is 10.6 Å².